The van der Waals surface area contributed by atoms with Gasteiger partial charge in [-0.05, 0) is 36.1 Å². The maximum Gasteiger partial charge on any atom is 0.154 e. The van der Waals surface area contributed by atoms with E-state index in [4.69, 9.17) is 10.7 Å². The van der Waals surface area contributed by atoms with Gasteiger partial charge >= 0.3 is 0 Å². The van der Waals surface area contributed by atoms with E-state index < -0.39 is 5.54 Å². The minimum Gasteiger partial charge on any atom is -0.378 e. The van der Waals surface area contributed by atoms with Crippen LogP contribution in [0.15, 0.2) is 60.5 Å². The summed E-state index contributed by atoms with van der Waals surface area (Å²) in [6.07, 6.45) is 9.78. The van der Waals surface area contributed by atoms with Gasteiger partial charge in [0, 0.05) is 39.1 Å². The van der Waals surface area contributed by atoms with Crippen molar-refractivity contribution in [2.45, 2.75) is 24.9 Å². The Bertz CT molecular complexity index is 870. The molecular weight excluding hydrogens is 322 g/mol. The number of fused-ring (bicyclic) bond motifs is 1. The lowest BCUT2D eigenvalue weighted by molar-refractivity contribution is 0.481. The third-order valence-corrected chi connectivity index (χ3v) is 5.23. The Balaban J connectivity index is 1.58. The van der Waals surface area contributed by atoms with Crippen LogP contribution in [-0.4, -0.2) is 35.5 Å². The summed E-state index contributed by atoms with van der Waals surface area (Å²) in [5.41, 5.74) is 9.94. The minimum atomic E-state index is -0.650. The number of hydrogen-bond acceptors (Lipinski definition) is 5. The zero-order valence-corrected chi connectivity index (χ0v) is 15.4. The summed E-state index contributed by atoms with van der Waals surface area (Å²) in [5, 5.41) is 0. The van der Waals surface area contributed by atoms with Crippen LogP contribution in [0.5, 0.6) is 0 Å². The van der Waals surface area contributed by atoms with Crippen molar-refractivity contribution >= 4 is 5.82 Å². The Hall–Kier alpha value is -2.66. The predicted octanol–water partition coefficient (Wildman–Crippen LogP) is 2.60. The van der Waals surface area contributed by atoms with Gasteiger partial charge in [-0.1, -0.05) is 36.4 Å². The number of hydrogen-bond donors (Lipinski definition) is 1. The van der Waals surface area contributed by atoms with Crippen LogP contribution in [0, 0.1) is 0 Å². The molecule has 0 spiro atoms. The fraction of sp³-hybridized carbons (Fsp3) is 0.333. The minimum absolute atomic E-state index is 0.650. The number of aromatic nitrogens is 2. The van der Waals surface area contributed by atoms with Crippen molar-refractivity contribution in [3.05, 3.63) is 77.4 Å². The van der Waals surface area contributed by atoms with Crippen LogP contribution in [0.25, 0.3) is 0 Å². The summed E-state index contributed by atoms with van der Waals surface area (Å²) in [6.45, 7) is 1.84. The fourth-order valence-corrected chi connectivity index (χ4v) is 3.58. The van der Waals surface area contributed by atoms with Crippen LogP contribution in [0.1, 0.15) is 23.4 Å². The van der Waals surface area contributed by atoms with Crippen molar-refractivity contribution < 1.29 is 0 Å². The Morgan fingerprint density at radius 1 is 1.15 bits per heavy atom. The molecule has 1 unspecified atom stereocenters. The molecule has 2 aromatic rings. The standard InChI is InChI=1S/C21H25N5/c1-25(2)18-7-11-21(22,12-8-18)20-23-13-9-19(24-20)26-14-10-16-5-3-4-6-17(16)15-26/h3-9,11,13H,10,12,14-15,22H2,1-2H3. The first-order chi connectivity index (χ1) is 12.5. The van der Waals surface area contributed by atoms with Crippen LogP contribution in [0.3, 0.4) is 0 Å². The molecule has 1 aromatic heterocycles. The lowest BCUT2D eigenvalue weighted by Crippen LogP contribution is -2.39. The first kappa shape index (κ1) is 16.8. The third kappa shape index (κ3) is 3.10. The highest BCUT2D eigenvalue weighted by atomic mass is 15.2. The van der Waals surface area contributed by atoms with Crippen molar-refractivity contribution in [2.24, 2.45) is 5.73 Å². The molecule has 0 bridgehead atoms. The summed E-state index contributed by atoms with van der Waals surface area (Å²) >= 11 is 0. The molecule has 0 saturated heterocycles. The summed E-state index contributed by atoms with van der Waals surface area (Å²) in [5.74, 6) is 1.63. The van der Waals surface area contributed by atoms with E-state index in [9.17, 15) is 0 Å². The molecule has 2 heterocycles. The van der Waals surface area contributed by atoms with Gasteiger partial charge in [0.15, 0.2) is 5.82 Å². The molecular formula is C21H25N5. The largest absolute Gasteiger partial charge is 0.378 e. The van der Waals surface area contributed by atoms with Crippen molar-refractivity contribution in [3.63, 3.8) is 0 Å². The van der Waals surface area contributed by atoms with Gasteiger partial charge in [0.2, 0.25) is 0 Å². The highest BCUT2D eigenvalue weighted by Crippen LogP contribution is 2.29. The molecule has 1 atom stereocenters. The molecule has 0 fully saturated rings. The molecule has 2 N–H and O–H groups in total. The van der Waals surface area contributed by atoms with E-state index in [0.29, 0.717) is 12.2 Å². The van der Waals surface area contributed by atoms with Gasteiger partial charge in [-0.3, -0.25) is 0 Å². The van der Waals surface area contributed by atoms with Gasteiger partial charge in [0.1, 0.15) is 5.82 Å². The topological polar surface area (TPSA) is 58.3 Å². The van der Waals surface area contributed by atoms with Gasteiger partial charge in [0.05, 0.1) is 5.54 Å². The molecule has 0 saturated carbocycles. The Morgan fingerprint density at radius 2 is 1.96 bits per heavy atom. The zero-order chi connectivity index (χ0) is 18.1. The summed E-state index contributed by atoms with van der Waals surface area (Å²) in [6, 6.07) is 10.6. The van der Waals surface area contributed by atoms with E-state index in [1.54, 1.807) is 0 Å². The number of benzene rings is 1. The molecule has 1 aromatic carbocycles. The summed E-state index contributed by atoms with van der Waals surface area (Å²) in [4.78, 5) is 13.7. The Labute approximate surface area is 154 Å². The average Bonchev–Trinajstić information content (AvgIpc) is 2.68. The molecule has 134 valence electrons. The number of likely N-dealkylation sites (N-methyl/N-ethyl adjacent to an activating group) is 1. The highest BCUT2D eigenvalue weighted by molar-refractivity contribution is 5.44. The van der Waals surface area contributed by atoms with Crippen LogP contribution >= 0.6 is 0 Å². The maximum absolute atomic E-state index is 6.62. The molecule has 4 rings (SSSR count). The lowest BCUT2D eigenvalue weighted by atomic mass is 9.90. The highest BCUT2D eigenvalue weighted by Gasteiger charge is 2.30. The Morgan fingerprint density at radius 3 is 2.69 bits per heavy atom. The fourth-order valence-electron chi connectivity index (χ4n) is 3.58. The SMILES string of the molecule is CN(C)C1=CCC(N)(c2nccc(N3CCc4ccccc4C3)n2)C=C1. The van der Waals surface area contributed by atoms with Crippen LogP contribution in [0.4, 0.5) is 5.82 Å². The van der Waals surface area contributed by atoms with E-state index >= 15 is 0 Å². The third-order valence-electron chi connectivity index (χ3n) is 5.23. The van der Waals surface area contributed by atoms with E-state index in [1.165, 1.54) is 11.1 Å². The van der Waals surface area contributed by atoms with Crippen LogP contribution < -0.4 is 10.6 Å². The normalized spacial score (nSPS) is 22.0. The van der Waals surface area contributed by atoms with Crippen molar-refractivity contribution in [3.8, 4) is 0 Å². The molecule has 1 aliphatic heterocycles. The van der Waals surface area contributed by atoms with Crippen LogP contribution in [0.2, 0.25) is 0 Å². The molecule has 26 heavy (non-hydrogen) atoms. The second-order valence-corrected chi connectivity index (χ2v) is 7.28. The predicted molar refractivity (Wildman–Crippen MR) is 105 cm³/mol. The number of anilines is 1. The number of nitrogens with two attached hydrogens (primary N) is 1. The van der Waals surface area contributed by atoms with Crippen LogP contribution in [-0.2, 0) is 18.5 Å². The lowest BCUT2D eigenvalue weighted by Gasteiger charge is -2.32. The molecule has 5 nitrogen and oxygen atoms in total. The summed E-state index contributed by atoms with van der Waals surface area (Å²) in [7, 11) is 4.07. The molecule has 2 aliphatic rings. The van der Waals surface area contributed by atoms with Gasteiger partial charge in [-0.15, -0.1) is 0 Å². The monoisotopic (exact) mass is 347 g/mol. The molecule has 0 amide bonds. The van der Waals surface area contributed by atoms with Gasteiger partial charge < -0.3 is 15.5 Å². The smallest absolute Gasteiger partial charge is 0.154 e. The molecule has 5 heteroatoms. The zero-order valence-electron chi connectivity index (χ0n) is 15.4. The van der Waals surface area contributed by atoms with Crippen molar-refractivity contribution in [2.75, 3.05) is 25.5 Å². The Kier molecular flexibility index (Phi) is 4.24. The second kappa shape index (κ2) is 6.57. The second-order valence-electron chi connectivity index (χ2n) is 7.28. The van der Waals surface area contributed by atoms with Gasteiger partial charge in [0.25, 0.3) is 0 Å². The number of rotatable bonds is 3. The number of allylic oxidation sites excluding steroid dienone is 1. The average molecular weight is 347 g/mol. The van der Waals surface area contributed by atoms with E-state index in [2.05, 4.69) is 51.2 Å². The maximum atomic E-state index is 6.62. The van der Waals surface area contributed by atoms with E-state index in [0.717, 1.165) is 31.0 Å². The van der Waals surface area contributed by atoms with Crippen molar-refractivity contribution in [1.29, 1.82) is 0 Å². The quantitative estimate of drug-likeness (QED) is 0.925. The van der Waals surface area contributed by atoms with E-state index in [1.807, 2.05) is 32.4 Å². The first-order valence-corrected chi connectivity index (χ1v) is 9.06. The number of nitrogens with zero attached hydrogens (tertiary/aromatic N) is 4. The van der Waals surface area contributed by atoms with E-state index in [-0.39, 0.29) is 0 Å². The van der Waals surface area contributed by atoms with Crippen molar-refractivity contribution in [1.82, 2.24) is 14.9 Å². The van der Waals surface area contributed by atoms with Gasteiger partial charge in [-0.25, -0.2) is 9.97 Å². The summed E-state index contributed by atoms with van der Waals surface area (Å²) < 4.78 is 0. The first-order valence-electron chi connectivity index (χ1n) is 9.06. The molecule has 0 radical (unpaired) electrons. The molecule has 1 aliphatic carbocycles. The van der Waals surface area contributed by atoms with Gasteiger partial charge in [-0.2, -0.15) is 0 Å².